The van der Waals surface area contributed by atoms with Crippen molar-refractivity contribution in [1.29, 1.82) is 0 Å². The Kier molecular flexibility index (Phi) is 4.18. The van der Waals surface area contributed by atoms with E-state index in [4.69, 9.17) is 4.74 Å². The predicted molar refractivity (Wildman–Crippen MR) is 94.3 cm³/mol. The summed E-state index contributed by atoms with van der Waals surface area (Å²) in [6.07, 6.45) is 6.08. The van der Waals surface area contributed by atoms with Crippen molar-refractivity contribution in [3.05, 3.63) is 29.8 Å². The Bertz CT molecular complexity index is 685. The maximum Gasteiger partial charge on any atom is 0.248 e. The molecule has 134 valence electrons. The van der Waals surface area contributed by atoms with Crippen LogP contribution in [0.15, 0.2) is 24.3 Å². The van der Waals surface area contributed by atoms with Crippen molar-refractivity contribution in [2.45, 2.75) is 56.5 Å². The number of ether oxygens (including phenoxy) is 1. The van der Waals surface area contributed by atoms with E-state index in [0.29, 0.717) is 19.0 Å². The summed E-state index contributed by atoms with van der Waals surface area (Å²) in [5.41, 5.74) is 0.305. The summed E-state index contributed by atoms with van der Waals surface area (Å²) in [5.74, 6) is 0.985. The van der Waals surface area contributed by atoms with Gasteiger partial charge in [-0.05, 0) is 44.6 Å². The van der Waals surface area contributed by atoms with Crippen LogP contribution in [0.2, 0.25) is 0 Å². The summed E-state index contributed by atoms with van der Waals surface area (Å²) < 4.78 is 5.38. The molecule has 5 heteroatoms. The van der Waals surface area contributed by atoms with E-state index in [-0.39, 0.29) is 11.8 Å². The van der Waals surface area contributed by atoms with Gasteiger partial charge in [0.05, 0.1) is 13.5 Å². The Labute approximate surface area is 148 Å². The van der Waals surface area contributed by atoms with Gasteiger partial charge in [-0.15, -0.1) is 0 Å². The van der Waals surface area contributed by atoms with Gasteiger partial charge in [-0.25, -0.2) is 0 Å². The normalized spacial score (nSPS) is 26.4. The van der Waals surface area contributed by atoms with Crippen molar-refractivity contribution in [2.24, 2.45) is 0 Å². The molecule has 1 saturated carbocycles. The molecule has 0 N–H and O–H groups in total. The minimum absolute atomic E-state index is 0.0491. The maximum absolute atomic E-state index is 13.2. The summed E-state index contributed by atoms with van der Waals surface area (Å²) in [5, 5.41) is 0. The van der Waals surface area contributed by atoms with Gasteiger partial charge in [-0.1, -0.05) is 18.2 Å². The van der Waals surface area contributed by atoms with Crippen molar-refractivity contribution in [3.8, 4) is 5.75 Å². The van der Waals surface area contributed by atoms with E-state index in [1.807, 2.05) is 29.2 Å². The number of hydrogen-bond acceptors (Lipinski definition) is 3. The molecular formula is C20H26N2O3. The second-order valence-electron chi connectivity index (χ2n) is 7.50. The number of methoxy groups -OCH3 is 1. The number of hydrogen-bond donors (Lipinski definition) is 0. The average Bonchev–Trinajstić information content (AvgIpc) is 3.38. The second-order valence-corrected chi connectivity index (χ2v) is 7.50. The van der Waals surface area contributed by atoms with Crippen LogP contribution in [0.25, 0.3) is 0 Å². The summed E-state index contributed by atoms with van der Waals surface area (Å²) >= 11 is 0. The monoisotopic (exact) mass is 342 g/mol. The topological polar surface area (TPSA) is 49.9 Å². The fourth-order valence-corrected chi connectivity index (χ4v) is 4.58. The minimum atomic E-state index is -0.583. The molecule has 1 aliphatic carbocycles. The zero-order valence-corrected chi connectivity index (χ0v) is 14.9. The SMILES string of the molecule is COc1ccccc1CC(=O)N1CCCC12CCCN(C1CC1)C2=O. The van der Waals surface area contributed by atoms with Gasteiger partial charge in [-0.3, -0.25) is 9.59 Å². The molecule has 2 amide bonds. The maximum atomic E-state index is 13.2. The van der Waals surface area contributed by atoms with E-state index in [2.05, 4.69) is 4.90 Å². The first-order valence-electron chi connectivity index (χ1n) is 9.39. The summed E-state index contributed by atoms with van der Waals surface area (Å²) in [6.45, 7) is 1.55. The van der Waals surface area contributed by atoms with Crippen LogP contribution < -0.4 is 4.74 Å². The van der Waals surface area contributed by atoms with E-state index < -0.39 is 5.54 Å². The van der Waals surface area contributed by atoms with Gasteiger partial charge in [0.15, 0.2) is 0 Å². The van der Waals surface area contributed by atoms with Gasteiger partial charge in [0, 0.05) is 24.7 Å². The molecule has 0 aromatic heterocycles. The average molecular weight is 342 g/mol. The number of benzene rings is 1. The molecule has 1 atom stereocenters. The lowest BCUT2D eigenvalue weighted by Gasteiger charge is -2.45. The Hall–Kier alpha value is -2.04. The largest absolute Gasteiger partial charge is 0.496 e. The zero-order chi connectivity index (χ0) is 17.4. The van der Waals surface area contributed by atoms with Crippen molar-refractivity contribution in [2.75, 3.05) is 20.2 Å². The molecular weight excluding hydrogens is 316 g/mol. The summed E-state index contributed by atoms with van der Waals surface area (Å²) in [6, 6.07) is 8.06. The van der Waals surface area contributed by atoms with Gasteiger partial charge in [-0.2, -0.15) is 0 Å². The van der Waals surface area contributed by atoms with Crippen LogP contribution in [0.3, 0.4) is 0 Å². The molecule has 5 nitrogen and oxygen atoms in total. The Morgan fingerprint density at radius 1 is 1.20 bits per heavy atom. The summed E-state index contributed by atoms with van der Waals surface area (Å²) in [4.78, 5) is 30.3. The van der Waals surface area contributed by atoms with Crippen molar-refractivity contribution in [3.63, 3.8) is 0 Å². The smallest absolute Gasteiger partial charge is 0.248 e. The first-order valence-corrected chi connectivity index (χ1v) is 9.39. The van der Waals surface area contributed by atoms with Gasteiger partial charge in [0.2, 0.25) is 11.8 Å². The van der Waals surface area contributed by atoms with Crippen LogP contribution in [0, 0.1) is 0 Å². The quantitative estimate of drug-likeness (QED) is 0.844. The Balaban J connectivity index is 1.56. The highest BCUT2D eigenvalue weighted by Gasteiger charge is 2.54. The van der Waals surface area contributed by atoms with Crippen LogP contribution in [-0.2, 0) is 16.0 Å². The third-order valence-corrected chi connectivity index (χ3v) is 5.96. The number of likely N-dealkylation sites (tertiary alicyclic amines) is 2. The summed E-state index contributed by atoms with van der Waals surface area (Å²) in [7, 11) is 1.62. The third kappa shape index (κ3) is 2.79. The number of piperidine rings is 1. The lowest BCUT2D eigenvalue weighted by Crippen LogP contribution is -2.62. The molecule has 3 aliphatic rings. The van der Waals surface area contributed by atoms with Gasteiger partial charge < -0.3 is 14.5 Å². The van der Waals surface area contributed by atoms with Gasteiger partial charge >= 0.3 is 0 Å². The standard InChI is InChI=1S/C20H26N2O3/c1-25-17-7-3-2-6-15(17)14-18(23)22-13-5-11-20(22)10-4-12-21(19(20)24)16-8-9-16/h2-3,6-7,16H,4-5,8-14H2,1H3. The first kappa shape index (κ1) is 16.4. The molecule has 2 aliphatic heterocycles. The van der Waals surface area contributed by atoms with Gasteiger partial charge in [0.25, 0.3) is 0 Å². The first-order chi connectivity index (χ1) is 12.2. The predicted octanol–water partition coefficient (Wildman–Crippen LogP) is 2.38. The van der Waals surface area contributed by atoms with E-state index in [1.165, 1.54) is 0 Å². The molecule has 2 saturated heterocycles. The number of nitrogens with zero attached hydrogens (tertiary/aromatic N) is 2. The molecule has 0 radical (unpaired) electrons. The molecule has 0 bridgehead atoms. The lowest BCUT2D eigenvalue weighted by molar-refractivity contribution is -0.155. The fourth-order valence-electron chi connectivity index (χ4n) is 4.58. The number of amides is 2. The van der Waals surface area contributed by atoms with E-state index in [0.717, 1.165) is 56.4 Å². The molecule has 1 aromatic rings. The molecule has 3 fully saturated rings. The van der Waals surface area contributed by atoms with E-state index in [9.17, 15) is 9.59 Å². The zero-order valence-electron chi connectivity index (χ0n) is 14.9. The number of rotatable bonds is 4. The van der Waals surface area contributed by atoms with Crippen LogP contribution in [0.1, 0.15) is 44.1 Å². The van der Waals surface area contributed by atoms with E-state index in [1.54, 1.807) is 7.11 Å². The number of carbonyl (C=O) groups is 2. The highest BCUT2D eigenvalue weighted by atomic mass is 16.5. The van der Waals surface area contributed by atoms with Crippen LogP contribution >= 0.6 is 0 Å². The van der Waals surface area contributed by atoms with Crippen molar-refractivity contribution >= 4 is 11.8 Å². The number of carbonyl (C=O) groups excluding carboxylic acids is 2. The van der Waals surface area contributed by atoms with E-state index >= 15 is 0 Å². The molecule has 2 heterocycles. The third-order valence-electron chi connectivity index (χ3n) is 5.96. The van der Waals surface area contributed by atoms with Crippen LogP contribution in [0.5, 0.6) is 5.75 Å². The Morgan fingerprint density at radius 3 is 2.64 bits per heavy atom. The molecule has 1 spiro atoms. The number of para-hydroxylation sites is 1. The van der Waals surface area contributed by atoms with Gasteiger partial charge in [0.1, 0.15) is 11.3 Å². The highest BCUT2D eigenvalue weighted by molar-refractivity contribution is 5.93. The minimum Gasteiger partial charge on any atom is -0.496 e. The molecule has 25 heavy (non-hydrogen) atoms. The van der Waals surface area contributed by atoms with Crippen molar-refractivity contribution in [1.82, 2.24) is 9.80 Å². The molecule has 1 unspecified atom stereocenters. The van der Waals surface area contributed by atoms with Crippen LogP contribution in [-0.4, -0.2) is 53.4 Å². The Morgan fingerprint density at radius 2 is 1.92 bits per heavy atom. The lowest BCUT2D eigenvalue weighted by atomic mass is 9.85. The fraction of sp³-hybridized carbons (Fsp3) is 0.600. The molecule has 4 rings (SSSR count). The second kappa shape index (κ2) is 6.36. The van der Waals surface area contributed by atoms with Crippen molar-refractivity contribution < 1.29 is 14.3 Å². The van der Waals surface area contributed by atoms with Crippen LogP contribution in [0.4, 0.5) is 0 Å². The highest BCUT2D eigenvalue weighted by Crippen LogP contribution is 2.42. The molecule has 1 aromatic carbocycles.